The normalized spacial score (nSPS) is 15.4. The van der Waals surface area contributed by atoms with Gasteiger partial charge in [0.2, 0.25) is 5.95 Å². The van der Waals surface area contributed by atoms with E-state index in [9.17, 15) is 4.39 Å². The van der Waals surface area contributed by atoms with Crippen LogP contribution in [0.25, 0.3) is 22.0 Å². The minimum Gasteiger partial charge on any atom is -0.343 e. The second-order valence-corrected chi connectivity index (χ2v) is 8.14. The number of H-pyrrole nitrogens is 1. The van der Waals surface area contributed by atoms with Gasteiger partial charge in [0.25, 0.3) is 0 Å². The first kappa shape index (κ1) is 17.5. The van der Waals surface area contributed by atoms with E-state index in [1.165, 1.54) is 6.07 Å². The van der Waals surface area contributed by atoms with Crippen LogP contribution in [0.15, 0.2) is 49.1 Å². The predicted octanol–water partition coefficient (Wildman–Crippen LogP) is 4.65. The summed E-state index contributed by atoms with van der Waals surface area (Å²) in [6.45, 7) is 0. The highest BCUT2D eigenvalue weighted by Crippen LogP contribution is 2.43. The fourth-order valence-electron chi connectivity index (χ4n) is 3.62. The fraction of sp³-hybridized carbons (Fsp3) is 0.200. The summed E-state index contributed by atoms with van der Waals surface area (Å²) >= 11 is 2.30. The van der Waals surface area contributed by atoms with E-state index >= 15 is 0 Å². The number of hydrogen-bond donors (Lipinski definition) is 2. The minimum absolute atomic E-state index is 0.297. The molecule has 140 valence electrons. The number of pyridine rings is 1. The van der Waals surface area contributed by atoms with Crippen LogP contribution in [0.2, 0.25) is 0 Å². The lowest BCUT2D eigenvalue weighted by Crippen LogP contribution is -2.44. The third-order valence-electron chi connectivity index (χ3n) is 5.26. The summed E-state index contributed by atoms with van der Waals surface area (Å²) in [6, 6.07) is 7.18. The van der Waals surface area contributed by atoms with E-state index < -0.39 is 5.54 Å². The Labute approximate surface area is 174 Å². The van der Waals surface area contributed by atoms with Gasteiger partial charge in [0, 0.05) is 33.1 Å². The van der Waals surface area contributed by atoms with E-state index in [1.54, 1.807) is 30.9 Å². The molecule has 2 N–H and O–H groups in total. The lowest BCUT2D eigenvalue weighted by atomic mass is 9.74. The Kier molecular flexibility index (Phi) is 4.22. The zero-order chi connectivity index (χ0) is 19.1. The van der Waals surface area contributed by atoms with Gasteiger partial charge < -0.3 is 5.32 Å². The molecule has 1 aliphatic rings. The molecule has 6 nitrogen and oxygen atoms in total. The van der Waals surface area contributed by atoms with Crippen molar-refractivity contribution in [3.63, 3.8) is 0 Å². The van der Waals surface area contributed by atoms with Crippen molar-refractivity contribution >= 4 is 39.4 Å². The molecule has 0 radical (unpaired) electrons. The maximum absolute atomic E-state index is 14.3. The number of benzene rings is 1. The number of hydrogen-bond acceptors (Lipinski definition) is 5. The molecule has 3 heterocycles. The van der Waals surface area contributed by atoms with Crippen LogP contribution in [0.1, 0.15) is 25.0 Å². The Hall–Kier alpha value is -2.62. The van der Waals surface area contributed by atoms with Crippen LogP contribution < -0.4 is 5.32 Å². The fourth-order valence-corrected chi connectivity index (χ4v) is 4.40. The summed E-state index contributed by atoms with van der Waals surface area (Å²) in [5, 5.41) is 11.4. The molecule has 1 aromatic carbocycles. The quantitative estimate of drug-likeness (QED) is 0.411. The summed E-state index contributed by atoms with van der Waals surface area (Å²) in [5.41, 5.74) is 2.88. The van der Waals surface area contributed by atoms with Gasteiger partial charge in [0.15, 0.2) is 0 Å². The molecular weight excluding hydrogens is 470 g/mol. The molecule has 1 aliphatic carbocycles. The van der Waals surface area contributed by atoms with Gasteiger partial charge in [-0.25, -0.2) is 14.4 Å². The molecule has 0 spiro atoms. The number of nitrogens with one attached hydrogen (secondary N) is 2. The molecular formula is C20H16FIN6. The number of aromatic nitrogens is 5. The lowest BCUT2D eigenvalue weighted by Gasteiger charge is -2.42. The Morgan fingerprint density at radius 3 is 2.64 bits per heavy atom. The number of fused-ring (bicyclic) bond motifs is 1. The molecule has 0 saturated heterocycles. The van der Waals surface area contributed by atoms with Crippen LogP contribution in [0, 0.1) is 9.39 Å². The van der Waals surface area contributed by atoms with Gasteiger partial charge >= 0.3 is 0 Å². The molecule has 1 fully saturated rings. The minimum atomic E-state index is -0.531. The first-order valence-electron chi connectivity index (χ1n) is 8.99. The average Bonchev–Trinajstić information content (AvgIpc) is 3.12. The molecule has 0 aliphatic heterocycles. The number of aromatic amines is 1. The maximum atomic E-state index is 14.3. The topological polar surface area (TPSA) is 79.4 Å². The molecule has 3 aromatic heterocycles. The number of nitrogens with zero attached hydrogens (tertiary/aromatic N) is 4. The van der Waals surface area contributed by atoms with Crippen molar-refractivity contribution in [2.24, 2.45) is 0 Å². The van der Waals surface area contributed by atoms with Crippen molar-refractivity contribution < 1.29 is 4.39 Å². The highest BCUT2D eigenvalue weighted by atomic mass is 127. The average molecular weight is 486 g/mol. The van der Waals surface area contributed by atoms with Crippen LogP contribution in [0.3, 0.4) is 0 Å². The van der Waals surface area contributed by atoms with Gasteiger partial charge in [-0.1, -0.05) is 0 Å². The molecule has 5 rings (SSSR count). The van der Waals surface area contributed by atoms with Crippen molar-refractivity contribution in [2.45, 2.75) is 24.8 Å². The zero-order valence-corrected chi connectivity index (χ0v) is 16.9. The maximum Gasteiger partial charge on any atom is 0.223 e. The van der Waals surface area contributed by atoms with E-state index in [1.807, 2.05) is 0 Å². The second kappa shape index (κ2) is 6.77. The Morgan fingerprint density at radius 1 is 1.11 bits per heavy atom. The first-order valence-corrected chi connectivity index (χ1v) is 10.1. The zero-order valence-electron chi connectivity index (χ0n) is 14.8. The highest BCUT2D eigenvalue weighted by molar-refractivity contribution is 14.1. The Bertz CT molecular complexity index is 1150. The molecule has 4 aromatic rings. The van der Waals surface area contributed by atoms with E-state index in [0.717, 1.165) is 44.9 Å². The van der Waals surface area contributed by atoms with Gasteiger partial charge in [-0.15, -0.1) is 0 Å². The van der Waals surface area contributed by atoms with E-state index in [0.29, 0.717) is 11.6 Å². The summed E-state index contributed by atoms with van der Waals surface area (Å²) in [6.07, 6.45) is 9.64. The molecule has 8 heteroatoms. The molecule has 1 saturated carbocycles. The summed E-state index contributed by atoms with van der Waals surface area (Å²) in [5.74, 6) is 0.183. The van der Waals surface area contributed by atoms with Crippen molar-refractivity contribution in [3.05, 3.63) is 64.1 Å². The lowest BCUT2D eigenvalue weighted by molar-refractivity contribution is 0.264. The van der Waals surface area contributed by atoms with E-state index in [4.69, 9.17) is 0 Å². The number of rotatable bonds is 4. The molecule has 0 atom stereocenters. The third-order valence-corrected chi connectivity index (χ3v) is 6.15. The van der Waals surface area contributed by atoms with Gasteiger partial charge in [-0.3, -0.25) is 10.1 Å². The number of anilines is 1. The van der Waals surface area contributed by atoms with E-state index in [-0.39, 0.29) is 5.82 Å². The molecule has 0 unspecified atom stereocenters. The largest absolute Gasteiger partial charge is 0.343 e. The highest BCUT2D eigenvalue weighted by Gasteiger charge is 2.42. The molecule has 28 heavy (non-hydrogen) atoms. The van der Waals surface area contributed by atoms with Crippen LogP contribution >= 0.6 is 22.6 Å². The smallest absolute Gasteiger partial charge is 0.223 e. The summed E-state index contributed by atoms with van der Waals surface area (Å²) < 4.78 is 15.4. The van der Waals surface area contributed by atoms with Gasteiger partial charge in [0.1, 0.15) is 11.5 Å². The van der Waals surface area contributed by atoms with Gasteiger partial charge in [-0.05, 0) is 71.7 Å². The SMILES string of the molecule is Fc1cccnc1C1(Nc2ncc(-c3cc4cn[nH]c4cc3I)cn2)CCC1. The van der Waals surface area contributed by atoms with Crippen LogP contribution in [0.4, 0.5) is 10.3 Å². The third kappa shape index (κ3) is 2.92. The predicted molar refractivity (Wildman–Crippen MR) is 113 cm³/mol. The van der Waals surface area contributed by atoms with Gasteiger partial charge in [0.05, 0.1) is 17.3 Å². The first-order chi connectivity index (χ1) is 13.6. The standard InChI is InChI=1S/C20H16FIN6/c21-15-3-1-6-23-18(15)20(4-2-5-20)27-19-24-9-13(10-25-19)14-7-12-11-26-28-17(12)8-16(14)22/h1,3,6-11H,2,4-5H2,(H,26,28)(H,24,25,27). The van der Waals surface area contributed by atoms with Crippen molar-refractivity contribution in [1.29, 1.82) is 0 Å². The summed E-state index contributed by atoms with van der Waals surface area (Å²) in [4.78, 5) is 13.2. The van der Waals surface area contributed by atoms with Crippen LogP contribution in [0.5, 0.6) is 0 Å². The Balaban J connectivity index is 1.45. The summed E-state index contributed by atoms with van der Waals surface area (Å²) in [7, 11) is 0. The van der Waals surface area contributed by atoms with E-state index in [2.05, 4.69) is 65.2 Å². The van der Waals surface area contributed by atoms with Crippen molar-refractivity contribution in [1.82, 2.24) is 25.1 Å². The molecule has 0 amide bonds. The van der Waals surface area contributed by atoms with Crippen LogP contribution in [-0.4, -0.2) is 25.1 Å². The monoisotopic (exact) mass is 486 g/mol. The molecule has 0 bridgehead atoms. The second-order valence-electron chi connectivity index (χ2n) is 6.98. The van der Waals surface area contributed by atoms with Crippen LogP contribution in [-0.2, 0) is 5.54 Å². The Morgan fingerprint density at radius 2 is 1.93 bits per heavy atom. The van der Waals surface area contributed by atoms with Crippen molar-refractivity contribution in [3.8, 4) is 11.1 Å². The van der Waals surface area contributed by atoms with Crippen molar-refractivity contribution in [2.75, 3.05) is 5.32 Å². The van der Waals surface area contributed by atoms with Gasteiger partial charge in [-0.2, -0.15) is 5.10 Å². The number of halogens is 2.